The molecule has 0 radical (unpaired) electrons. The van der Waals surface area contributed by atoms with Gasteiger partial charge in [-0.2, -0.15) is 0 Å². The Morgan fingerprint density at radius 1 is 1.15 bits per heavy atom. The van der Waals surface area contributed by atoms with Gasteiger partial charge in [-0.3, -0.25) is 19.7 Å². The first kappa shape index (κ1) is 21.3. The first-order valence-corrected chi connectivity index (χ1v) is 11.8. The van der Waals surface area contributed by atoms with Crippen molar-refractivity contribution in [1.82, 2.24) is 4.98 Å². The van der Waals surface area contributed by atoms with Crippen LogP contribution in [0.4, 0.5) is 10.8 Å². The molecule has 8 heteroatoms. The largest absolute Gasteiger partial charge is 0.447 e. The van der Waals surface area contributed by atoms with Crippen molar-refractivity contribution in [2.45, 2.75) is 32.3 Å². The molecular weight excluding hydrogens is 438 g/mol. The molecule has 5 rings (SSSR count). The molecule has 2 aromatic carbocycles. The quantitative estimate of drug-likeness (QED) is 0.551. The molecule has 2 aliphatic rings. The minimum Gasteiger partial charge on any atom is -0.447 e. The third kappa shape index (κ3) is 4.52. The number of ether oxygens (including phenoxy) is 1. The highest BCUT2D eigenvalue weighted by Gasteiger charge is 2.36. The molecule has 1 saturated carbocycles. The summed E-state index contributed by atoms with van der Waals surface area (Å²) in [5.41, 5.74) is 4.40. The lowest BCUT2D eigenvalue weighted by molar-refractivity contribution is -0.152. The average molecular weight is 462 g/mol. The summed E-state index contributed by atoms with van der Waals surface area (Å²) in [6, 6.07) is 14.9. The third-order valence-electron chi connectivity index (χ3n) is 5.82. The molecule has 1 fully saturated rings. The lowest BCUT2D eigenvalue weighted by Gasteiger charge is -2.17. The van der Waals surface area contributed by atoms with Crippen LogP contribution in [-0.4, -0.2) is 29.3 Å². The summed E-state index contributed by atoms with van der Waals surface area (Å²) < 4.78 is 5.26. The lowest BCUT2D eigenvalue weighted by atomic mass is 10.1. The van der Waals surface area contributed by atoms with E-state index < -0.39 is 18.0 Å². The molecule has 0 saturated heterocycles. The Labute approximate surface area is 195 Å². The zero-order valence-corrected chi connectivity index (χ0v) is 18.9. The van der Waals surface area contributed by atoms with E-state index in [4.69, 9.17) is 4.74 Å². The Balaban J connectivity index is 1.31. The van der Waals surface area contributed by atoms with E-state index >= 15 is 0 Å². The lowest BCUT2D eigenvalue weighted by Crippen LogP contribution is -2.30. The van der Waals surface area contributed by atoms with E-state index in [0.717, 1.165) is 48.3 Å². The summed E-state index contributed by atoms with van der Waals surface area (Å²) in [6.07, 6.45) is 1.78. The average Bonchev–Trinajstić information content (AvgIpc) is 3.42. The van der Waals surface area contributed by atoms with Crippen molar-refractivity contribution in [3.63, 3.8) is 0 Å². The fraction of sp³-hybridized carbons (Fsp3) is 0.280. The van der Waals surface area contributed by atoms with Crippen LogP contribution >= 0.6 is 11.3 Å². The van der Waals surface area contributed by atoms with Gasteiger partial charge >= 0.3 is 5.97 Å². The number of esters is 1. The van der Waals surface area contributed by atoms with Crippen molar-refractivity contribution >= 4 is 39.9 Å². The molecule has 2 amide bonds. The fourth-order valence-corrected chi connectivity index (χ4v) is 4.76. The molecule has 1 N–H and O–H groups in total. The first-order valence-electron chi connectivity index (χ1n) is 10.9. The zero-order valence-electron chi connectivity index (χ0n) is 18.1. The summed E-state index contributed by atoms with van der Waals surface area (Å²) in [5, 5.41) is 5.07. The molecule has 2 heterocycles. The van der Waals surface area contributed by atoms with E-state index in [2.05, 4.69) is 16.4 Å². The standard InChI is InChI=1S/C25H23N3O4S/c1-15(29)32-22(16-5-3-2-4-6-16)23(30)27-25-26-20(14-33-25)18-9-10-21-19(13-18)11-12-28(21)24(31)17-7-8-17/h2-6,9-10,13-14,17,22H,7-8,11-12H2,1H3,(H,26,27,30)/t22-/m0/s1. The van der Waals surface area contributed by atoms with Gasteiger partial charge in [-0.15, -0.1) is 11.3 Å². The van der Waals surface area contributed by atoms with Gasteiger partial charge in [-0.05, 0) is 37.0 Å². The van der Waals surface area contributed by atoms with Crippen LogP contribution in [0.15, 0.2) is 53.9 Å². The number of carbonyl (C=O) groups is 3. The van der Waals surface area contributed by atoms with E-state index in [0.29, 0.717) is 10.7 Å². The predicted octanol–water partition coefficient (Wildman–Crippen LogP) is 4.35. The summed E-state index contributed by atoms with van der Waals surface area (Å²) in [6.45, 7) is 2.00. The molecule has 7 nitrogen and oxygen atoms in total. The van der Waals surface area contributed by atoms with Crippen molar-refractivity contribution in [2.75, 3.05) is 16.8 Å². The highest BCUT2D eigenvalue weighted by molar-refractivity contribution is 7.14. The number of carbonyl (C=O) groups excluding carboxylic acids is 3. The van der Waals surface area contributed by atoms with Gasteiger partial charge in [0.25, 0.3) is 5.91 Å². The molecular formula is C25H23N3O4S. The Kier molecular flexibility index (Phi) is 5.68. The topological polar surface area (TPSA) is 88.6 Å². The van der Waals surface area contributed by atoms with Crippen LogP contribution < -0.4 is 10.2 Å². The van der Waals surface area contributed by atoms with E-state index in [-0.39, 0.29) is 11.8 Å². The Hall–Kier alpha value is -3.52. The van der Waals surface area contributed by atoms with Gasteiger partial charge in [-0.1, -0.05) is 36.4 Å². The Morgan fingerprint density at radius 3 is 2.67 bits per heavy atom. The van der Waals surface area contributed by atoms with Crippen LogP contribution in [0.25, 0.3) is 11.3 Å². The number of hydrogen-bond donors (Lipinski definition) is 1. The number of nitrogens with one attached hydrogen (secondary N) is 1. The highest BCUT2D eigenvalue weighted by Crippen LogP contribution is 2.38. The minimum atomic E-state index is -1.05. The number of benzene rings is 2. The van der Waals surface area contributed by atoms with Crippen molar-refractivity contribution in [1.29, 1.82) is 0 Å². The molecule has 1 aromatic heterocycles. The van der Waals surface area contributed by atoms with Crippen molar-refractivity contribution < 1.29 is 19.1 Å². The second-order valence-corrected chi connectivity index (χ2v) is 9.14. The summed E-state index contributed by atoms with van der Waals surface area (Å²) >= 11 is 1.31. The molecule has 3 aromatic rings. The van der Waals surface area contributed by atoms with Gasteiger partial charge in [0.2, 0.25) is 12.0 Å². The number of rotatable bonds is 6. The van der Waals surface area contributed by atoms with Gasteiger partial charge < -0.3 is 9.64 Å². The maximum Gasteiger partial charge on any atom is 0.303 e. The molecule has 1 aliphatic heterocycles. The Bertz CT molecular complexity index is 1220. The second kappa shape index (κ2) is 8.78. The van der Waals surface area contributed by atoms with E-state index in [1.165, 1.54) is 18.3 Å². The van der Waals surface area contributed by atoms with Crippen LogP contribution in [0.2, 0.25) is 0 Å². The van der Waals surface area contributed by atoms with Crippen molar-refractivity contribution in [3.8, 4) is 11.3 Å². The molecule has 0 bridgehead atoms. The number of fused-ring (bicyclic) bond motifs is 1. The normalized spacial score (nSPS) is 15.6. The van der Waals surface area contributed by atoms with E-state index in [9.17, 15) is 14.4 Å². The van der Waals surface area contributed by atoms with Crippen molar-refractivity contribution in [3.05, 3.63) is 65.0 Å². The number of aromatic nitrogens is 1. The minimum absolute atomic E-state index is 0.201. The summed E-state index contributed by atoms with van der Waals surface area (Å²) in [4.78, 5) is 43.3. The van der Waals surface area contributed by atoms with Crippen molar-refractivity contribution in [2.24, 2.45) is 5.92 Å². The van der Waals surface area contributed by atoms with Crippen LogP contribution in [0.1, 0.15) is 37.0 Å². The maximum absolute atomic E-state index is 12.8. The number of anilines is 2. The predicted molar refractivity (Wildman–Crippen MR) is 126 cm³/mol. The zero-order chi connectivity index (χ0) is 22.9. The maximum atomic E-state index is 12.8. The Morgan fingerprint density at radius 2 is 1.94 bits per heavy atom. The molecule has 0 unspecified atom stereocenters. The van der Waals surface area contributed by atoms with Crippen LogP contribution in [0, 0.1) is 5.92 Å². The van der Waals surface area contributed by atoms with Gasteiger partial charge in [0.05, 0.1) is 5.69 Å². The highest BCUT2D eigenvalue weighted by atomic mass is 32.1. The number of thiazole rings is 1. The first-order chi connectivity index (χ1) is 16.0. The molecule has 168 valence electrons. The van der Waals surface area contributed by atoms with E-state index in [1.807, 2.05) is 28.5 Å². The summed E-state index contributed by atoms with van der Waals surface area (Å²) in [5.74, 6) is -0.556. The van der Waals surface area contributed by atoms with Gasteiger partial charge in [-0.25, -0.2) is 4.98 Å². The number of amides is 2. The molecule has 0 spiro atoms. The second-order valence-electron chi connectivity index (χ2n) is 8.28. The van der Waals surface area contributed by atoms with Crippen LogP contribution in [-0.2, 0) is 25.5 Å². The SMILES string of the molecule is CC(=O)O[C@H](C(=O)Nc1nc(-c2ccc3c(c2)CCN3C(=O)C2CC2)cs1)c1ccccc1. The fourth-order valence-electron chi connectivity index (χ4n) is 4.04. The van der Waals surface area contributed by atoms with Gasteiger partial charge in [0, 0.05) is 41.6 Å². The van der Waals surface area contributed by atoms with Gasteiger partial charge in [0.1, 0.15) is 0 Å². The van der Waals surface area contributed by atoms with E-state index in [1.54, 1.807) is 24.3 Å². The van der Waals surface area contributed by atoms with Crippen LogP contribution in [0.3, 0.4) is 0 Å². The monoisotopic (exact) mass is 461 g/mol. The molecule has 1 aliphatic carbocycles. The smallest absolute Gasteiger partial charge is 0.303 e. The molecule has 33 heavy (non-hydrogen) atoms. The number of hydrogen-bond acceptors (Lipinski definition) is 6. The molecule has 1 atom stereocenters. The summed E-state index contributed by atoms with van der Waals surface area (Å²) in [7, 11) is 0. The van der Waals surface area contributed by atoms with Crippen LogP contribution in [0.5, 0.6) is 0 Å². The number of nitrogens with zero attached hydrogens (tertiary/aromatic N) is 2. The third-order valence-corrected chi connectivity index (χ3v) is 6.58. The van der Waals surface area contributed by atoms with Gasteiger partial charge in [0.15, 0.2) is 5.13 Å².